The van der Waals surface area contributed by atoms with Gasteiger partial charge in [-0.15, -0.1) is 0 Å². The van der Waals surface area contributed by atoms with Gasteiger partial charge in [-0.25, -0.2) is 4.79 Å². The molecule has 1 heterocycles. The van der Waals surface area contributed by atoms with Gasteiger partial charge in [-0.1, -0.05) is 217 Å². The lowest BCUT2D eigenvalue weighted by atomic mass is 9.98. The zero-order valence-electron chi connectivity index (χ0n) is 46.4. The molecular formula is C61H106O12. The van der Waals surface area contributed by atoms with E-state index >= 15 is 0 Å². The van der Waals surface area contributed by atoms with Crippen LogP contribution in [0, 0.1) is 0 Å². The number of ether oxygens (including phenoxy) is 5. The summed E-state index contributed by atoms with van der Waals surface area (Å²) in [4.78, 5) is 51.1. The molecule has 6 atom stereocenters. The van der Waals surface area contributed by atoms with Crippen molar-refractivity contribution in [2.75, 3.05) is 13.2 Å². The second-order valence-corrected chi connectivity index (χ2v) is 20.3. The van der Waals surface area contributed by atoms with Crippen LogP contribution in [0.1, 0.15) is 265 Å². The molecule has 0 amide bonds. The van der Waals surface area contributed by atoms with E-state index in [1.54, 1.807) is 0 Å². The summed E-state index contributed by atoms with van der Waals surface area (Å²) in [7, 11) is 0. The van der Waals surface area contributed by atoms with Crippen molar-refractivity contribution in [3.63, 3.8) is 0 Å². The summed E-state index contributed by atoms with van der Waals surface area (Å²) in [6, 6.07) is 0. The van der Waals surface area contributed by atoms with Crippen LogP contribution >= 0.6 is 0 Å². The summed E-state index contributed by atoms with van der Waals surface area (Å²) < 4.78 is 28.4. The number of hydrogen-bond acceptors (Lipinski definition) is 11. The first-order chi connectivity index (χ1) is 35.6. The highest BCUT2D eigenvalue weighted by molar-refractivity contribution is 5.74. The molecule has 0 aromatic carbocycles. The average molecular weight is 1030 g/mol. The van der Waals surface area contributed by atoms with E-state index in [1.807, 2.05) is 0 Å². The quantitative estimate of drug-likeness (QED) is 0.0228. The van der Waals surface area contributed by atoms with Crippen molar-refractivity contribution in [2.24, 2.45) is 0 Å². The zero-order chi connectivity index (χ0) is 53.3. The van der Waals surface area contributed by atoms with Gasteiger partial charge >= 0.3 is 23.9 Å². The first kappa shape index (κ1) is 67.7. The topological polar surface area (TPSA) is 175 Å². The number of carboxylic acids is 1. The molecular weight excluding hydrogens is 925 g/mol. The standard InChI is InChI=1S/C61H106O12/c1-4-7-10-13-16-19-22-25-26-27-28-31-32-35-38-41-44-47-53(62)69-50-52(71-54(63)48-45-42-39-36-33-29-23-20-17-14-11-8-5-2)51-70-61-59(57(66)56(65)58(73-61)60(67)68)72-55(64)49-46-43-40-37-34-30-24-21-18-15-12-9-6-3/h11,14,16,19-20,23,25-26,52,56-59,61,65-66H,4-10,12-13,15,17-18,21-22,24,27-51H2,1-3H3,(H,67,68)/b14-11-,19-16-,23-20-,26-25-. The number of allylic oxidation sites excluding steroid dienone is 8. The van der Waals surface area contributed by atoms with E-state index in [0.29, 0.717) is 19.3 Å². The van der Waals surface area contributed by atoms with Gasteiger partial charge in [-0.05, 0) is 77.0 Å². The van der Waals surface area contributed by atoms with Crippen LogP contribution in [0.5, 0.6) is 0 Å². The SMILES string of the molecule is CCC/C=C\C/C=C\CCCCCCCC(=O)OC(COC(=O)CCCCCCCCC/C=C\C/C=C\CCCCC)COC1OC(C(=O)O)C(O)C(O)C1OC(=O)CCCCCCCCCCCCCCC. The molecule has 422 valence electrons. The monoisotopic (exact) mass is 1030 g/mol. The highest BCUT2D eigenvalue weighted by Crippen LogP contribution is 2.26. The van der Waals surface area contributed by atoms with E-state index in [1.165, 1.54) is 89.9 Å². The minimum Gasteiger partial charge on any atom is -0.479 e. The maximum atomic E-state index is 13.1. The minimum atomic E-state index is -1.90. The predicted octanol–water partition coefficient (Wildman–Crippen LogP) is 15.0. The smallest absolute Gasteiger partial charge is 0.335 e. The summed E-state index contributed by atoms with van der Waals surface area (Å²) in [6.45, 7) is 5.89. The molecule has 0 spiro atoms. The molecule has 1 rings (SSSR count). The van der Waals surface area contributed by atoms with Crippen LogP contribution in [0.4, 0.5) is 0 Å². The van der Waals surface area contributed by atoms with Crippen molar-refractivity contribution in [1.82, 2.24) is 0 Å². The zero-order valence-corrected chi connectivity index (χ0v) is 46.4. The van der Waals surface area contributed by atoms with Crippen LogP contribution in [0.25, 0.3) is 0 Å². The number of esters is 3. The van der Waals surface area contributed by atoms with E-state index < -0.39 is 67.3 Å². The predicted molar refractivity (Wildman–Crippen MR) is 294 cm³/mol. The molecule has 1 fully saturated rings. The molecule has 73 heavy (non-hydrogen) atoms. The maximum Gasteiger partial charge on any atom is 0.335 e. The largest absolute Gasteiger partial charge is 0.479 e. The molecule has 6 unspecified atom stereocenters. The lowest BCUT2D eigenvalue weighted by Gasteiger charge is -2.40. The van der Waals surface area contributed by atoms with Crippen molar-refractivity contribution < 1.29 is 58.2 Å². The lowest BCUT2D eigenvalue weighted by Crippen LogP contribution is -2.61. The van der Waals surface area contributed by atoms with Gasteiger partial charge in [0.15, 0.2) is 24.6 Å². The summed E-state index contributed by atoms with van der Waals surface area (Å²) in [5.74, 6) is -3.13. The van der Waals surface area contributed by atoms with Crippen molar-refractivity contribution in [3.8, 4) is 0 Å². The minimum absolute atomic E-state index is 0.0615. The number of aliphatic hydroxyl groups is 2. The molecule has 0 aromatic heterocycles. The van der Waals surface area contributed by atoms with Gasteiger partial charge in [0.05, 0.1) is 6.61 Å². The van der Waals surface area contributed by atoms with Gasteiger partial charge in [0.25, 0.3) is 0 Å². The van der Waals surface area contributed by atoms with Crippen LogP contribution in [-0.4, -0.2) is 89.2 Å². The molecule has 3 N–H and O–H groups in total. The Labute approximate surface area is 443 Å². The maximum absolute atomic E-state index is 13.1. The number of hydrogen-bond donors (Lipinski definition) is 3. The van der Waals surface area contributed by atoms with Crippen LogP contribution in [0.3, 0.4) is 0 Å². The van der Waals surface area contributed by atoms with Crippen LogP contribution < -0.4 is 0 Å². The van der Waals surface area contributed by atoms with Crippen molar-refractivity contribution in [1.29, 1.82) is 0 Å². The van der Waals surface area contributed by atoms with Gasteiger partial charge < -0.3 is 39.0 Å². The third-order valence-electron chi connectivity index (χ3n) is 13.4. The van der Waals surface area contributed by atoms with Gasteiger partial charge in [-0.3, -0.25) is 14.4 Å². The fraction of sp³-hybridized carbons (Fsp3) is 0.803. The summed E-state index contributed by atoms with van der Waals surface area (Å²) >= 11 is 0. The van der Waals surface area contributed by atoms with Gasteiger partial charge in [-0.2, -0.15) is 0 Å². The number of aliphatic hydroxyl groups excluding tert-OH is 2. The Morgan fingerprint density at radius 3 is 1.32 bits per heavy atom. The fourth-order valence-electron chi connectivity index (χ4n) is 8.79. The third-order valence-corrected chi connectivity index (χ3v) is 13.4. The molecule has 0 aromatic rings. The number of aliphatic carboxylic acids is 1. The third kappa shape index (κ3) is 39.7. The van der Waals surface area contributed by atoms with Gasteiger partial charge in [0, 0.05) is 19.3 Å². The Morgan fingerprint density at radius 2 is 0.849 bits per heavy atom. The summed E-state index contributed by atoms with van der Waals surface area (Å²) in [5.41, 5.74) is 0. The van der Waals surface area contributed by atoms with Crippen LogP contribution in [0.2, 0.25) is 0 Å². The van der Waals surface area contributed by atoms with E-state index in [4.69, 9.17) is 23.7 Å². The number of rotatable bonds is 50. The van der Waals surface area contributed by atoms with E-state index in [2.05, 4.69) is 69.4 Å². The highest BCUT2D eigenvalue weighted by Gasteiger charge is 2.50. The average Bonchev–Trinajstić information content (AvgIpc) is 3.37. The number of carbonyl (C=O) groups excluding carboxylic acids is 3. The van der Waals surface area contributed by atoms with Gasteiger partial charge in [0.2, 0.25) is 0 Å². The fourth-order valence-corrected chi connectivity index (χ4v) is 8.79. The Morgan fingerprint density at radius 1 is 0.452 bits per heavy atom. The molecule has 1 saturated heterocycles. The molecule has 12 nitrogen and oxygen atoms in total. The second-order valence-electron chi connectivity index (χ2n) is 20.3. The summed E-state index contributed by atoms with van der Waals surface area (Å²) in [6.07, 6.45) is 46.5. The molecule has 0 aliphatic carbocycles. The van der Waals surface area contributed by atoms with Crippen LogP contribution in [-0.2, 0) is 42.9 Å². The number of carboxylic acid groups (broad SMARTS) is 1. The highest BCUT2D eigenvalue weighted by atomic mass is 16.7. The molecule has 1 aliphatic rings. The van der Waals surface area contributed by atoms with E-state index in [9.17, 15) is 34.5 Å². The van der Waals surface area contributed by atoms with Crippen LogP contribution in [0.15, 0.2) is 48.6 Å². The Hall–Kier alpha value is -3.32. The number of carbonyl (C=O) groups is 4. The normalized spacial score (nSPS) is 18.6. The van der Waals surface area contributed by atoms with Crippen molar-refractivity contribution in [3.05, 3.63) is 48.6 Å². The van der Waals surface area contributed by atoms with E-state index in [-0.39, 0.29) is 25.9 Å². The first-order valence-electron chi connectivity index (χ1n) is 29.6. The molecule has 0 bridgehead atoms. The molecule has 12 heteroatoms. The Bertz CT molecular complexity index is 1460. The summed E-state index contributed by atoms with van der Waals surface area (Å²) in [5, 5.41) is 31.4. The molecule has 0 saturated carbocycles. The first-order valence-corrected chi connectivity index (χ1v) is 29.6. The van der Waals surface area contributed by atoms with Crippen molar-refractivity contribution in [2.45, 2.75) is 302 Å². The lowest BCUT2D eigenvalue weighted by molar-refractivity contribution is -0.301. The Kier molecular flexibility index (Phi) is 45.9. The van der Waals surface area contributed by atoms with Gasteiger partial charge in [0.1, 0.15) is 18.8 Å². The second kappa shape index (κ2) is 49.6. The molecule has 0 radical (unpaired) electrons. The molecule has 1 aliphatic heterocycles. The Balaban J connectivity index is 2.69. The number of unbranched alkanes of at least 4 members (excludes halogenated alkanes) is 28. The van der Waals surface area contributed by atoms with Crippen molar-refractivity contribution >= 4 is 23.9 Å². The van der Waals surface area contributed by atoms with E-state index in [0.717, 1.165) is 116 Å².